The van der Waals surface area contributed by atoms with Crippen LogP contribution in [-0.4, -0.2) is 40.1 Å². The minimum Gasteiger partial charge on any atom is -0.497 e. The molecular weight excluding hydrogens is 274 g/mol. The second-order valence-electron chi connectivity index (χ2n) is 5.51. The Morgan fingerprint density at radius 2 is 2.15 bits per heavy atom. The highest BCUT2D eigenvalue weighted by molar-refractivity contribution is 7.90. The summed E-state index contributed by atoms with van der Waals surface area (Å²) >= 11 is 0. The van der Waals surface area contributed by atoms with E-state index in [2.05, 4.69) is 17.4 Å². The van der Waals surface area contributed by atoms with E-state index in [0.29, 0.717) is 12.5 Å². The third kappa shape index (κ3) is 4.49. The maximum atomic E-state index is 11.1. The number of methoxy groups -OCH3 is 1. The molecule has 0 spiro atoms. The van der Waals surface area contributed by atoms with Crippen LogP contribution in [0.4, 0.5) is 0 Å². The van der Waals surface area contributed by atoms with Gasteiger partial charge in [-0.25, -0.2) is 8.42 Å². The number of fused-ring (bicyclic) bond motifs is 1. The molecule has 0 amide bonds. The van der Waals surface area contributed by atoms with E-state index in [1.54, 1.807) is 7.11 Å². The average molecular weight is 297 g/mol. The Morgan fingerprint density at radius 3 is 2.85 bits per heavy atom. The molecule has 0 saturated heterocycles. The lowest BCUT2D eigenvalue weighted by Gasteiger charge is -2.26. The topological polar surface area (TPSA) is 55.4 Å². The van der Waals surface area contributed by atoms with Gasteiger partial charge in [-0.3, -0.25) is 0 Å². The van der Waals surface area contributed by atoms with E-state index in [4.69, 9.17) is 4.74 Å². The van der Waals surface area contributed by atoms with Gasteiger partial charge in [0.1, 0.15) is 15.6 Å². The Labute approximate surface area is 121 Å². The second-order valence-corrected chi connectivity index (χ2v) is 7.77. The van der Waals surface area contributed by atoms with Crippen molar-refractivity contribution >= 4 is 9.84 Å². The van der Waals surface area contributed by atoms with Crippen molar-refractivity contribution in [3.63, 3.8) is 0 Å². The zero-order valence-corrected chi connectivity index (χ0v) is 13.0. The largest absolute Gasteiger partial charge is 0.497 e. The molecule has 0 saturated carbocycles. The summed E-state index contributed by atoms with van der Waals surface area (Å²) in [6.07, 6.45) is 5.14. The van der Waals surface area contributed by atoms with Crippen molar-refractivity contribution in [3.05, 3.63) is 29.3 Å². The van der Waals surface area contributed by atoms with Crippen LogP contribution in [0.3, 0.4) is 0 Å². The van der Waals surface area contributed by atoms with Crippen molar-refractivity contribution in [1.82, 2.24) is 5.32 Å². The van der Waals surface area contributed by atoms with Gasteiger partial charge in [-0.15, -0.1) is 0 Å². The first-order valence-corrected chi connectivity index (χ1v) is 9.11. The molecule has 0 aliphatic heterocycles. The van der Waals surface area contributed by atoms with Crippen molar-refractivity contribution in [2.75, 3.05) is 25.7 Å². The Bertz CT molecular complexity index is 554. The number of nitrogens with one attached hydrogen (secondary N) is 1. The molecule has 0 fully saturated rings. The van der Waals surface area contributed by atoms with Crippen LogP contribution < -0.4 is 10.1 Å². The van der Waals surface area contributed by atoms with Gasteiger partial charge in [-0.1, -0.05) is 6.07 Å². The monoisotopic (exact) mass is 297 g/mol. The standard InChI is InChI=1S/C15H23NO3S/c1-19-15-7-5-12-4-6-14(10-13(12)11-15)16-8-3-9-20(2,17)18/h5,7,11,14,16H,3-4,6,8-10H2,1-2H3. The lowest BCUT2D eigenvalue weighted by Crippen LogP contribution is -2.35. The lowest BCUT2D eigenvalue weighted by molar-refractivity contribution is 0.411. The van der Waals surface area contributed by atoms with Gasteiger partial charge in [0, 0.05) is 12.3 Å². The molecule has 0 aromatic heterocycles. The van der Waals surface area contributed by atoms with E-state index in [9.17, 15) is 8.42 Å². The van der Waals surface area contributed by atoms with Crippen LogP contribution in [0.2, 0.25) is 0 Å². The van der Waals surface area contributed by atoms with Crippen molar-refractivity contribution in [2.45, 2.75) is 31.7 Å². The SMILES string of the molecule is COc1ccc2c(c1)CC(NCCCS(C)(=O)=O)CC2. The van der Waals surface area contributed by atoms with E-state index in [0.717, 1.165) is 31.6 Å². The summed E-state index contributed by atoms with van der Waals surface area (Å²) in [5, 5.41) is 3.47. The third-order valence-corrected chi connectivity index (χ3v) is 4.80. The van der Waals surface area contributed by atoms with Crippen molar-refractivity contribution < 1.29 is 13.2 Å². The molecule has 112 valence electrons. The molecule has 1 N–H and O–H groups in total. The van der Waals surface area contributed by atoms with Gasteiger partial charge in [0.15, 0.2) is 0 Å². The molecule has 0 radical (unpaired) electrons. The van der Waals surface area contributed by atoms with Gasteiger partial charge in [-0.2, -0.15) is 0 Å². The number of aryl methyl sites for hydroxylation is 1. The van der Waals surface area contributed by atoms with Crippen LogP contribution in [-0.2, 0) is 22.7 Å². The molecule has 2 rings (SSSR count). The molecule has 1 aliphatic rings. The van der Waals surface area contributed by atoms with E-state index in [-0.39, 0.29) is 5.75 Å². The van der Waals surface area contributed by atoms with Gasteiger partial charge in [0.25, 0.3) is 0 Å². The van der Waals surface area contributed by atoms with Crippen molar-refractivity contribution in [3.8, 4) is 5.75 Å². The Kier molecular flexibility index (Phi) is 5.05. The normalized spacial score (nSPS) is 18.6. The van der Waals surface area contributed by atoms with Crippen LogP contribution in [0.15, 0.2) is 18.2 Å². The molecule has 5 heteroatoms. The predicted molar refractivity (Wildman–Crippen MR) is 81.1 cm³/mol. The van der Waals surface area contributed by atoms with Gasteiger partial charge < -0.3 is 10.1 Å². The summed E-state index contributed by atoms with van der Waals surface area (Å²) < 4.78 is 27.4. The minimum absolute atomic E-state index is 0.261. The van der Waals surface area contributed by atoms with Crippen molar-refractivity contribution in [2.24, 2.45) is 0 Å². The van der Waals surface area contributed by atoms with Crippen LogP contribution in [0.1, 0.15) is 24.0 Å². The molecule has 1 aromatic carbocycles. The van der Waals surface area contributed by atoms with E-state index in [1.807, 2.05) is 6.07 Å². The number of hydrogen-bond acceptors (Lipinski definition) is 4. The fourth-order valence-corrected chi connectivity index (χ4v) is 3.34. The van der Waals surface area contributed by atoms with Crippen LogP contribution >= 0.6 is 0 Å². The molecule has 20 heavy (non-hydrogen) atoms. The molecule has 0 bridgehead atoms. The van der Waals surface area contributed by atoms with E-state index in [1.165, 1.54) is 17.4 Å². The number of rotatable bonds is 6. The zero-order valence-electron chi connectivity index (χ0n) is 12.2. The number of hydrogen-bond donors (Lipinski definition) is 1. The predicted octanol–water partition coefficient (Wildman–Crippen LogP) is 1.58. The fraction of sp³-hybridized carbons (Fsp3) is 0.600. The zero-order chi connectivity index (χ0) is 14.6. The average Bonchev–Trinajstić information content (AvgIpc) is 2.41. The smallest absolute Gasteiger partial charge is 0.147 e. The van der Waals surface area contributed by atoms with E-state index < -0.39 is 9.84 Å². The van der Waals surface area contributed by atoms with Crippen LogP contribution in [0, 0.1) is 0 Å². The first-order valence-electron chi connectivity index (χ1n) is 7.05. The summed E-state index contributed by atoms with van der Waals surface area (Å²) in [5.74, 6) is 1.17. The first kappa shape index (κ1) is 15.3. The van der Waals surface area contributed by atoms with Gasteiger partial charge in [0.2, 0.25) is 0 Å². The minimum atomic E-state index is -2.84. The maximum absolute atomic E-state index is 11.1. The van der Waals surface area contributed by atoms with Crippen LogP contribution in [0.25, 0.3) is 0 Å². The molecule has 4 nitrogen and oxygen atoms in total. The molecule has 1 unspecified atom stereocenters. The third-order valence-electron chi connectivity index (χ3n) is 3.77. The lowest BCUT2D eigenvalue weighted by atomic mass is 9.88. The number of benzene rings is 1. The second kappa shape index (κ2) is 6.59. The highest BCUT2D eigenvalue weighted by atomic mass is 32.2. The molecular formula is C15H23NO3S. The fourth-order valence-electron chi connectivity index (χ4n) is 2.68. The van der Waals surface area contributed by atoms with Gasteiger partial charge >= 0.3 is 0 Å². The van der Waals surface area contributed by atoms with Gasteiger partial charge in [-0.05, 0) is 55.5 Å². The molecule has 1 atom stereocenters. The van der Waals surface area contributed by atoms with Crippen molar-refractivity contribution in [1.29, 1.82) is 0 Å². The quantitative estimate of drug-likeness (QED) is 0.810. The summed E-state index contributed by atoms with van der Waals surface area (Å²) in [6, 6.07) is 6.71. The first-order chi connectivity index (χ1) is 9.48. The Balaban J connectivity index is 1.84. The van der Waals surface area contributed by atoms with Crippen LogP contribution in [0.5, 0.6) is 5.75 Å². The maximum Gasteiger partial charge on any atom is 0.147 e. The summed E-state index contributed by atoms with van der Waals surface area (Å²) in [5.41, 5.74) is 2.75. The Morgan fingerprint density at radius 1 is 1.35 bits per heavy atom. The summed E-state index contributed by atoms with van der Waals surface area (Å²) in [7, 11) is -1.16. The highest BCUT2D eigenvalue weighted by Gasteiger charge is 2.18. The van der Waals surface area contributed by atoms with E-state index >= 15 is 0 Å². The molecule has 1 aliphatic carbocycles. The Hall–Kier alpha value is -1.07. The van der Waals surface area contributed by atoms with Gasteiger partial charge in [0.05, 0.1) is 12.9 Å². The molecule has 1 aromatic rings. The summed E-state index contributed by atoms with van der Waals surface area (Å²) in [6.45, 7) is 0.761. The number of sulfone groups is 1. The highest BCUT2D eigenvalue weighted by Crippen LogP contribution is 2.25. The summed E-state index contributed by atoms with van der Waals surface area (Å²) in [4.78, 5) is 0. The molecule has 0 heterocycles. The number of ether oxygens (including phenoxy) is 1.